The molecule has 1 N–H and O–H groups in total. The zero-order valence-electron chi connectivity index (χ0n) is 6.53. The van der Waals surface area contributed by atoms with Crippen molar-refractivity contribution in [2.24, 2.45) is 0 Å². The van der Waals surface area contributed by atoms with Crippen molar-refractivity contribution in [1.82, 2.24) is 0 Å². The molecule has 0 amide bonds. The first kappa shape index (κ1) is 8.93. The molecule has 1 rings (SSSR count). The van der Waals surface area contributed by atoms with E-state index in [-0.39, 0.29) is 12.2 Å². The van der Waals surface area contributed by atoms with Gasteiger partial charge in [0.25, 0.3) is 0 Å². The quantitative estimate of drug-likeness (QED) is 0.725. The lowest BCUT2D eigenvalue weighted by atomic mass is 10.2. The molecule has 0 bridgehead atoms. The topological polar surface area (TPSA) is 54.4 Å². The third-order valence-corrected chi connectivity index (χ3v) is 2.32. The first-order valence-corrected chi connectivity index (χ1v) is 4.27. The maximum atomic E-state index is 10.8. The van der Waals surface area contributed by atoms with E-state index in [9.17, 15) is 9.59 Å². The monoisotopic (exact) mass is 184 g/mol. The number of ketones is 1. The second-order valence-corrected chi connectivity index (χ2v) is 3.42. The van der Waals surface area contributed by atoms with Crippen molar-refractivity contribution in [3.8, 4) is 0 Å². The zero-order chi connectivity index (χ0) is 9.14. The largest absolute Gasteiger partial charge is 0.481 e. The van der Waals surface area contributed by atoms with Gasteiger partial charge in [0, 0.05) is 15.8 Å². The van der Waals surface area contributed by atoms with Crippen LogP contribution in [0, 0.1) is 0 Å². The lowest BCUT2D eigenvalue weighted by Crippen LogP contribution is -1.97. The number of carboxylic acids is 1. The van der Waals surface area contributed by atoms with Gasteiger partial charge in [-0.25, -0.2) is 0 Å². The minimum absolute atomic E-state index is 0.00204. The molecule has 0 saturated carbocycles. The fourth-order valence-corrected chi connectivity index (χ4v) is 1.72. The summed E-state index contributed by atoms with van der Waals surface area (Å²) in [4.78, 5) is 21.8. The van der Waals surface area contributed by atoms with Crippen LogP contribution in [-0.2, 0) is 11.2 Å². The van der Waals surface area contributed by atoms with E-state index in [2.05, 4.69) is 0 Å². The zero-order valence-corrected chi connectivity index (χ0v) is 7.35. The molecule has 0 unspecified atom stereocenters. The molecule has 12 heavy (non-hydrogen) atoms. The summed E-state index contributed by atoms with van der Waals surface area (Å²) in [6.07, 6.45) is -0.00204. The average Bonchev–Trinajstić information content (AvgIpc) is 2.34. The summed E-state index contributed by atoms with van der Waals surface area (Å²) >= 11 is 1.30. The number of thiophene rings is 1. The molecule has 1 aromatic heterocycles. The number of aliphatic carboxylic acids is 1. The van der Waals surface area contributed by atoms with Gasteiger partial charge in [-0.2, -0.15) is 0 Å². The number of carboxylic acid groups (broad SMARTS) is 1. The summed E-state index contributed by atoms with van der Waals surface area (Å²) in [6.45, 7) is 1.46. The van der Waals surface area contributed by atoms with Crippen LogP contribution in [0.15, 0.2) is 11.4 Å². The Hall–Kier alpha value is -1.16. The first-order valence-electron chi connectivity index (χ1n) is 3.39. The van der Waals surface area contributed by atoms with Crippen molar-refractivity contribution in [2.75, 3.05) is 0 Å². The molecule has 4 heteroatoms. The minimum atomic E-state index is -0.869. The number of carbonyl (C=O) groups excluding carboxylic acids is 1. The Morgan fingerprint density at radius 2 is 2.25 bits per heavy atom. The summed E-state index contributed by atoms with van der Waals surface area (Å²) < 4.78 is 0. The molecule has 0 aliphatic rings. The van der Waals surface area contributed by atoms with E-state index in [4.69, 9.17) is 5.11 Å². The van der Waals surface area contributed by atoms with Gasteiger partial charge in [0.05, 0.1) is 6.42 Å². The Morgan fingerprint density at radius 3 is 2.67 bits per heavy atom. The smallest absolute Gasteiger partial charge is 0.308 e. The van der Waals surface area contributed by atoms with Gasteiger partial charge in [-0.3, -0.25) is 9.59 Å². The van der Waals surface area contributed by atoms with Gasteiger partial charge in [0.2, 0.25) is 0 Å². The molecule has 0 saturated heterocycles. The third-order valence-electron chi connectivity index (χ3n) is 1.39. The van der Waals surface area contributed by atoms with Gasteiger partial charge in [0.1, 0.15) is 0 Å². The van der Waals surface area contributed by atoms with Crippen LogP contribution >= 0.6 is 11.3 Å². The highest BCUT2D eigenvalue weighted by molar-refractivity contribution is 7.10. The van der Waals surface area contributed by atoms with E-state index in [0.29, 0.717) is 10.4 Å². The van der Waals surface area contributed by atoms with Gasteiger partial charge in [-0.15, -0.1) is 11.3 Å². The van der Waals surface area contributed by atoms with Gasteiger partial charge in [-0.05, 0) is 13.0 Å². The number of Topliss-reactive ketones (excluding diaryl/α,β-unsaturated/α-hetero) is 1. The molecule has 0 aromatic carbocycles. The summed E-state index contributed by atoms with van der Waals surface area (Å²) in [5.41, 5.74) is 0.594. The Labute approximate surface area is 73.6 Å². The molecule has 0 aliphatic heterocycles. The lowest BCUT2D eigenvalue weighted by Gasteiger charge is -1.87. The Bertz CT molecular complexity index is 314. The summed E-state index contributed by atoms with van der Waals surface area (Å²) in [5.74, 6) is -0.894. The van der Waals surface area contributed by atoms with Crippen molar-refractivity contribution in [2.45, 2.75) is 13.3 Å². The van der Waals surface area contributed by atoms with Crippen molar-refractivity contribution in [3.05, 3.63) is 21.9 Å². The van der Waals surface area contributed by atoms with Crippen LogP contribution in [-0.4, -0.2) is 16.9 Å². The number of carbonyl (C=O) groups is 2. The highest BCUT2D eigenvalue weighted by Crippen LogP contribution is 2.15. The second-order valence-electron chi connectivity index (χ2n) is 2.43. The molecule has 1 heterocycles. The molecule has 0 atom stereocenters. The van der Waals surface area contributed by atoms with E-state index in [1.54, 1.807) is 11.4 Å². The molecule has 3 nitrogen and oxygen atoms in total. The molecular formula is C8H8O3S. The summed E-state index contributed by atoms with van der Waals surface area (Å²) in [5, 5.41) is 10.1. The standard InChI is InChI=1S/C8H8O3S/c1-5(9)6-2-7(12-4-6)3-8(10)11/h2,4H,3H2,1H3,(H,10,11). The summed E-state index contributed by atoms with van der Waals surface area (Å²) in [6, 6.07) is 1.63. The predicted molar refractivity (Wildman–Crippen MR) is 45.7 cm³/mol. The van der Waals surface area contributed by atoms with Crippen LogP contribution in [0.4, 0.5) is 0 Å². The molecular weight excluding hydrogens is 176 g/mol. The van der Waals surface area contributed by atoms with Gasteiger partial charge >= 0.3 is 5.97 Å². The van der Waals surface area contributed by atoms with E-state index < -0.39 is 5.97 Å². The highest BCUT2D eigenvalue weighted by Gasteiger charge is 2.06. The minimum Gasteiger partial charge on any atom is -0.481 e. The maximum Gasteiger partial charge on any atom is 0.308 e. The van der Waals surface area contributed by atoms with Crippen molar-refractivity contribution in [1.29, 1.82) is 0 Å². The highest BCUT2D eigenvalue weighted by atomic mass is 32.1. The van der Waals surface area contributed by atoms with E-state index in [1.165, 1.54) is 18.3 Å². The normalized spacial score (nSPS) is 9.75. The Balaban J connectivity index is 2.77. The van der Waals surface area contributed by atoms with Gasteiger partial charge in [0.15, 0.2) is 5.78 Å². The number of hydrogen-bond acceptors (Lipinski definition) is 3. The van der Waals surface area contributed by atoms with E-state index in [0.717, 1.165) is 0 Å². The second kappa shape index (κ2) is 3.49. The van der Waals surface area contributed by atoms with Crippen LogP contribution in [0.1, 0.15) is 22.2 Å². The van der Waals surface area contributed by atoms with Crippen LogP contribution in [0.2, 0.25) is 0 Å². The average molecular weight is 184 g/mol. The lowest BCUT2D eigenvalue weighted by molar-refractivity contribution is -0.136. The Kier molecular flexibility index (Phi) is 2.60. The van der Waals surface area contributed by atoms with E-state index in [1.807, 2.05) is 0 Å². The first-order chi connectivity index (χ1) is 5.59. The van der Waals surface area contributed by atoms with Crippen LogP contribution in [0.25, 0.3) is 0 Å². The van der Waals surface area contributed by atoms with E-state index >= 15 is 0 Å². The molecule has 0 spiro atoms. The van der Waals surface area contributed by atoms with Crippen LogP contribution in [0.3, 0.4) is 0 Å². The SMILES string of the molecule is CC(=O)c1csc(CC(=O)O)c1. The van der Waals surface area contributed by atoms with Crippen LogP contribution < -0.4 is 0 Å². The molecule has 1 aromatic rings. The summed E-state index contributed by atoms with van der Waals surface area (Å²) in [7, 11) is 0. The van der Waals surface area contributed by atoms with Crippen molar-refractivity contribution in [3.63, 3.8) is 0 Å². The van der Waals surface area contributed by atoms with Gasteiger partial charge in [-0.1, -0.05) is 0 Å². The third kappa shape index (κ3) is 2.17. The fraction of sp³-hybridized carbons (Fsp3) is 0.250. The van der Waals surface area contributed by atoms with Crippen molar-refractivity contribution < 1.29 is 14.7 Å². The van der Waals surface area contributed by atoms with Gasteiger partial charge < -0.3 is 5.11 Å². The van der Waals surface area contributed by atoms with Crippen LogP contribution in [0.5, 0.6) is 0 Å². The predicted octanol–water partition coefficient (Wildman–Crippen LogP) is 1.58. The molecule has 0 aliphatic carbocycles. The van der Waals surface area contributed by atoms with Crippen molar-refractivity contribution >= 4 is 23.1 Å². The molecule has 0 radical (unpaired) electrons. The molecule has 64 valence electrons. The fourth-order valence-electron chi connectivity index (χ4n) is 0.807. The number of hydrogen-bond donors (Lipinski definition) is 1. The molecule has 0 fully saturated rings. The maximum absolute atomic E-state index is 10.8. The Morgan fingerprint density at radius 1 is 1.58 bits per heavy atom. The number of rotatable bonds is 3.